The predicted molar refractivity (Wildman–Crippen MR) is 78.9 cm³/mol. The molecule has 0 aromatic heterocycles. The summed E-state index contributed by atoms with van der Waals surface area (Å²) in [5, 5.41) is 13.0. The predicted octanol–water partition coefficient (Wildman–Crippen LogP) is 2.92. The van der Waals surface area contributed by atoms with E-state index in [1.165, 1.54) is 38.8 Å². The Morgan fingerprint density at radius 2 is 2.21 bits per heavy atom. The summed E-state index contributed by atoms with van der Waals surface area (Å²) >= 11 is 0. The van der Waals surface area contributed by atoms with Crippen LogP contribution < -0.4 is 5.32 Å². The number of nitriles is 1. The lowest BCUT2D eigenvalue weighted by molar-refractivity contribution is 0.120. The van der Waals surface area contributed by atoms with Crippen molar-refractivity contribution in [2.24, 2.45) is 5.92 Å². The standard InChI is InChI=1S/C16H29N3/c1-3-9-18-16(13-17)8-7-15(11-16)19-10-5-6-14(4-2)12-19/h14-15,18H,3-12H2,1-2H3. The summed E-state index contributed by atoms with van der Waals surface area (Å²) < 4.78 is 0. The summed E-state index contributed by atoms with van der Waals surface area (Å²) in [6, 6.07) is 3.21. The highest BCUT2D eigenvalue weighted by atomic mass is 15.2. The number of rotatable bonds is 5. The van der Waals surface area contributed by atoms with Crippen LogP contribution in [0.1, 0.15) is 58.8 Å². The Balaban J connectivity index is 1.91. The molecule has 3 heteroatoms. The molecule has 0 aromatic rings. The average molecular weight is 263 g/mol. The van der Waals surface area contributed by atoms with Gasteiger partial charge in [0.25, 0.3) is 0 Å². The van der Waals surface area contributed by atoms with Crippen molar-refractivity contribution in [2.45, 2.75) is 70.4 Å². The van der Waals surface area contributed by atoms with E-state index < -0.39 is 0 Å². The van der Waals surface area contributed by atoms with E-state index in [0.29, 0.717) is 6.04 Å². The lowest BCUT2D eigenvalue weighted by Gasteiger charge is -2.37. The van der Waals surface area contributed by atoms with Gasteiger partial charge in [0.05, 0.1) is 6.07 Å². The number of nitrogens with one attached hydrogen (secondary N) is 1. The van der Waals surface area contributed by atoms with Crippen molar-refractivity contribution in [3.05, 3.63) is 0 Å². The van der Waals surface area contributed by atoms with Crippen LogP contribution in [-0.4, -0.2) is 36.1 Å². The second-order valence-corrected chi connectivity index (χ2v) is 6.43. The molecule has 1 aliphatic carbocycles. The Bertz CT molecular complexity index is 322. The van der Waals surface area contributed by atoms with Gasteiger partial charge in [-0.2, -0.15) is 5.26 Å². The van der Waals surface area contributed by atoms with Gasteiger partial charge in [-0.3, -0.25) is 5.32 Å². The minimum atomic E-state index is -0.236. The third kappa shape index (κ3) is 3.49. The van der Waals surface area contributed by atoms with Crippen LogP contribution in [0.5, 0.6) is 0 Å². The Morgan fingerprint density at radius 1 is 1.37 bits per heavy atom. The lowest BCUT2D eigenvalue weighted by atomic mass is 9.93. The van der Waals surface area contributed by atoms with E-state index in [-0.39, 0.29) is 5.54 Å². The molecule has 19 heavy (non-hydrogen) atoms. The molecule has 1 aliphatic heterocycles. The minimum Gasteiger partial charge on any atom is -0.300 e. The topological polar surface area (TPSA) is 39.1 Å². The molecule has 1 saturated carbocycles. The fraction of sp³-hybridized carbons (Fsp3) is 0.938. The first-order chi connectivity index (χ1) is 9.23. The van der Waals surface area contributed by atoms with Crippen LogP contribution in [0.2, 0.25) is 0 Å². The zero-order valence-corrected chi connectivity index (χ0v) is 12.6. The molecule has 3 nitrogen and oxygen atoms in total. The molecule has 2 rings (SSSR count). The van der Waals surface area contributed by atoms with Crippen LogP contribution in [0, 0.1) is 17.2 Å². The van der Waals surface area contributed by atoms with E-state index in [1.807, 2.05) is 0 Å². The molecule has 3 unspecified atom stereocenters. The molecular formula is C16H29N3. The van der Waals surface area contributed by atoms with Gasteiger partial charge in [0, 0.05) is 12.6 Å². The fourth-order valence-corrected chi connectivity index (χ4v) is 3.76. The van der Waals surface area contributed by atoms with Gasteiger partial charge in [-0.1, -0.05) is 20.3 Å². The Labute approximate surface area is 118 Å². The van der Waals surface area contributed by atoms with Gasteiger partial charge in [0.2, 0.25) is 0 Å². The molecule has 2 aliphatic rings. The number of piperidine rings is 1. The van der Waals surface area contributed by atoms with Crippen molar-refractivity contribution in [1.29, 1.82) is 5.26 Å². The SMILES string of the molecule is CCCNC1(C#N)CCC(N2CCCC(CC)C2)C1. The number of nitrogens with zero attached hydrogens (tertiary/aromatic N) is 2. The van der Waals surface area contributed by atoms with E-state index in [9.17, 15) is 5.26 Å². The van der Waals surface area contributed by atoms with Crippen molar-refractivity contribution in [2.75, 3.05) is 19.6 Å². The Morgan fingerprint density at radius 3 is 2.89 bits per heavy atom. The summed E-state index contributed by atoms with van der Waals surface area (Å²) in [6.45, 7) is 7.96. The highest BCUT2D eigenvalue weighted by molar-refractivity contribution is 5.13. The maximum Gasteiger partial charge on any atom is 0.108 e. The summed E-state index contributed by atoms with van der Waals surface area (Å²) in [5.41, 5.74) is -0.236. The van der Waals surface area contributed by atoms with Crippen molar-refractivity contribution >= 4 is 0 Å². The lowest BCUT2D eigenvalue weighted by Crippen LogP contribution is -2.46. The summed E-state index contributed by atoms with van der Waals surface area (Å²) in [4.78, 5) is 2.67. The zero-order valence-electron chi connectivity index (χ0n) is 12.6. The molecule has 108 valence electrons. The van der Waals surface area contributed by atoms with E-state index in [2.05, 4.69) is 30.1 Å². The van der Waals surface area contributed by atoms with E-state index >= 15 is 0 Å². The van der Waals surface area contributed by atoms with E-state index in [0.717, 1.165) is 31.7 Å². The van der Waals surface area contributed by atoms with Crippen LogP contribution >= 0.6 is 0 Å². The second-order valence-electron chi connectivity index (χ2n) is 6.43. The molecule has 1 N–H and O–H groups in total. The summed E-state index contributed by atoms with van der Waals surface area (Å²) in [6.07, 6.45) is 8.41. The monoisotopic (exact) mass is 263 g/mol. The van der Waals surface area contributed by atoms with Gasteiger partial charge in [0.1, 0.15) is 5.54 Å². The van der Waals surface area contributed by atoms with E-state index in [4.69, 9.17) is 0 Å². The van der Waals surface area contributed by atoms with Crippen LogP contribution in [-0.2, 0) is 0 Å². The number of hydrogen-bond acceptors (Lipinski definition) is 3. The smallest absolute Gasteiger partial charge is 0.108 e. The van der Waals surface area contributed by atoms with Gasteiger partial charge in [-0.05, 0) is 57.5 Å². The summed E-state index contributed by atoms with van der Waals surface area (Å²) in [5.74, 6) is 0.884. The molecule has 3 atom stereocenters. The van der Waals surface area contributed by atoms with Crippen LogP contribution in [0.3, 0.4) is 0 Å². The quantitative estimate of drug-likeness (QED) is 0.829. The van der Waals surface area contributed by atoms with Crippen molar-refractivity contribution in [3.63, 3.8) is 0 Å². The zero-order chi connectivity index (χ0) is 13.7. The van der Waals surface area contributed by atoms with Crippen LogP contribution in [0.4, 0.5) is 0 Å². The maximum atomic E-state index is 9.53. The van der Waals surface area contributed by atoms with Crippen LogP contribution in [0.15, 0.2) is 0 Å². The molecule has 0 amide bonds. The first kappa shape index (κ1) is 14.8. The largest absolute Gasteiger partial charge is 0.300 e. The summed E-state index contributed by atoms with van der Waals surface area (Å²) in [7, 11) is 0. The van der Waals surface area contributed by atoms with Gasteiger partial charge in [-0.15, -0.1) is 0 Å². The first-order valence-corrected chi connectivity index (χ1v) is 8.13. The van der Waals surface area contributed by atoms with Gasteiger partial charge >= 0.3 is 0 Å². The van der Waals surface area contributed by atoms with Gasteiger partial charge < -0.3 is 4.90 Å². The average Bonchev–Trinajstić information content (AvgIpc) is 2.90. The van der Waals surface area contributed by atoms with Crippen molar-refractivity contribution in [1.82, 2.24) is 10.2 Å². The maximum absolute atomic E-state index is 9.53. The molecular weight excluding hydrogens is 234 g/mol. The molecule has 0 spiro atoms. The molecule has 0 aromatic carbocycles. The normalized spacial score (nSPS) is 36.3. The van der Waals surface area contributed by atoms with Crippen molar-refractivity contribution in [3.8, 4) is 6.07 Å². The fourth-order valence-electron chi connectivity index (χ4n) is 3.76. The van der Waals surface area contributed by atoms with Gasteiger partial charge in [0.15, 0.2) is 0 Å². The number of hydrogen-bond donors (Lipinski definition) is 1. The highest BCUT2D eigenvalue weighted by Crippen LogP contribution is 2.35. The second kappa shape index (κ2) is 6.72. The highest BCUT2D eigenvalue weighted by Gasteiger charge is 2.41. The molecule has 0 bridgehead atoms. The Hall–Kier alpha value is -0.590. The third-order valence-corrected chi connectivity index (χ3v) is 5.06. The first-order valence-electron chi connectivity index (χ1n) is 8.13. The number of likely N-dealkylation sites (tertiary alicyclic amines) is 1. The molecule has 1 heterocycles. The van der Waals surface area contributed by atoms with Gasteiger partial charge in [-0.25, -0.2) is 0 Å². The van der Waals surface area contributed by atoms with Crippen molar-refractivity contribution < 1.29 is 0 Å². The molecule has 2 fully saturated rings. The van der Waals surface area contributed by atoms with Crippen LogP contribution in [0.25, 0.3) is 0 Å². The molecule has 0 radical (unpaired) electrons. The third-order valence-electron chi connectivity index (χ3n) is 5.06. The van der Waals surface area contributed by atoms with E-state index in [1.54, 1.807) is 0 Å². The molecule has 1 saturated heterocycles. The Kier molecular flexibility index (Phi) is 5.24. The minimum absolute atomic E-state index is 0.236.